The second-order valence-corrected chi connectivity index (χ2v) is 5.67. The number of aromatic nitrogens is 2. The Bertz CT molecular complexity index is 649. The van der Waals surface area contributed by atoms with Crippen molar-refractivity contribution in [2.45, 2.75) is 19.3 Å². The van der Waals surface area contributed by atoms with Gasteiger partial charge in [0.25, 0.3) is 0 Å². The second-order valence-electron chi connectivity index (χ2n) is 5.67. The summed E-state index contributed by atoms with van der Waals surface area (Å²) in [7, 11) is 0. The topological polar surface area (TPSA) is 75.1 Å². The number of aromatic carboxylic acids is 1. The Labute approximate surface area is 129 Å². The van der Waals surface area contributed by atoms with Crippen molar-refractivity contribution in [2.75, 3.05) is 13.1 Å². The van der Waals surface area contributed by atoms with Crippen LogP contribution in [0.25, 0.3) is 11.3 Å². The third-order valence-corrected chi connectivity index (χ3v) is 4.11. The number of carbonyl (C=O) groups is 1. The Kier molecular flexibility index (Phi) is 4.44. The van der Waals surface area contributed by atoms with Gasteiger partial charge in [0, 0.05) is 11.3 Å². The molecule has 0 aliphatic carbocycles. The first-order valence-corrected chi connectivity index (χ1v) is 7.58. The smallest absolute Gasteiger partial charge is 0.335 e. The second kappa shape index (κ2) is 6.66. The quantitative estimate of drug-likeness (QED) is 0.906. The zero-order chi connectivity index (χ0) is 15.4. The highest BCUT2D eigenvalue weighted by atomic mass is 16.4. The maximum absolute atomic E-state index is 10.9. The molecule has 1 aliphatic rings. The first-order chi connectivity index (χ1) is 10.7. The van der Waals surface area contributed by atoms with Crippen LogP contribution in [0, 0.1) is 5.92 Å². The van der Waals surface area contributed by atoms with Gasteiger partial charge in [0.2, 0.25) is 0 Å². The summed E-state index contributed by atoms with van der Waals surface area (Å²) in [6.45, 7) is 2.17. The van der Waals surface area contributed by atoms with Gasteiger partial charge in [0.15, 0.2) is 0 Å². The van der Waals surface area contributed by atoms with Crippen molar-refractivity contribution in [1.29, 1.82) is 0 Å². The lowest BCUT2D eigenvalue weighted by molar-refractivity contribution is 0.0697. The van der Waals surface area contributed by atoms with Crippen LogP contribution in [-0.4, -0.2) is 34.1 Å². The summed E-state index contributed by atoms with van der Waals surface area (Å²) in [5, 5.41) is 12.3. The molecule has 5 nitrogen and oxygen atoms in total. The van der Waals surface area contributed by atoms with Crippen molar-refractivity contribution in [2.24, 2.45) is 5.92 Å². The predicted octanol–water partition coefficient (Wildman–Crippen LogP) is 2.38. The summed E-state index contributed by atoms with van der Waals surface area (Å²) >= 11 is 0. The van der Waals surface area contributed by atoms with E-state index in [-0.39, 0.29) is 5.56 Å². The third kappa shape index (κ3) is 3.49. The molecule has 1 aliphatic heterocycles. The lowest BCUT2D eigenvalue weighted by atomic mass is 9.93. The van der Waals surface area contributed by atoms with Crippen LogP contribution in [0.5, 0.6) is 0 Å². The molecule has 1 saturated heterocycles. The van der Waals surface area contributed by atoms with E-state index in [4.69, 9.17) is 5.11 Å². The van der Waals surface area contributed by atoms with Gasteiger partial charge in [-0.25, -0.2) is 14.8 Å². The highest BCUT2D eigenvalue weighted by Gasteiger charge is 2.14. The van der Waals surface area contributed by atoms with E-state index in [1.807, 2.05) is 6.07 Å². The Hall–Kier alpha value is -2.27. The SMILES string of the molecule is O=C(O)c1ccc(-c2cc(CC3CCNCC3)ncn2)cc1. The molecule has 0 unspecified atom stereocenters. The van der Waals surface area contributed by atoms with Gasteiger partial charge in [-0.3, -0.25) is 0 Å². The molecule has 0 spiro atoms. The zero-order valence-corrected chi connectivity index (χ0v) is 12.3. The fourth-order valence-electron chi connectivity index (χ4n) is 2.83. The standard InChI is InChI=1S/C17H19N3O2/c21-17(22)14-3-1-13(2-4-14)16-10-15(19-11-20-16)9-12-5-7-18-8-6-12/h1-4,10-12,18H,5-9H2,(H,21,22). The molecule has 2 aromatic rings. The minimum atomic E-state index is -0.916. The molecule has 0 amide bonds. The van der Waals surface area contributed by atoms with Gasteiger partial charge in [-0.05, 0) is 56.5 Å². The molecule has 114 valence electrons. The van der Waals surface area contributed by atoms with Crippen molar-refractivity contribution >= 4 is 5.97 Å². The molecule has 1 aromatic heterocycles. The minimum absolute atomic E-state index is 0.285. The van der Waals surface area contributed by atoms with Gasteiger partial charge >= 0.3 is 5.97 Å². The molecule has 2 heterocycles. The van der Waals surface area contributed by atoms with E-state index in [1.165, 1.54) is 12.8 Å². The molecule has 0 bridgehead atoms. The number of nitrogens with one attached hydrogen (secondary N) is 1. The first kappa shape index (κ1) is 14.7. The molecule has 0 atom stereocenters. The molecule has 0 radical (unpaired) electrons. The van der Waals surface area contributed by atoms with Gasteiger partial charge in [-0.2, -0.15) is 0 Å². The number of hydrogen-bond donors (Lipinski definition) is 2. The molecule has 3 rings (SSSR count). The third-order valence-electron chi connectivity index (χ3n) is 4.11. The van der Waals surface area contributed by atoms with Crippen LogP contribution in [0.2, 0.25) is 0 Å². The molecule has 1 fully saturated rings. The van der Waals surface area contributed by atoms with Crippen molar-refractivity contribution in [1.82, 2.24) is 15.3 Å². The van der Waals surface area contributed by atoms with Crippen LogP contribution in [-0.2, 0) is 6.42 Å². The fraction of sp³-hybridized carbons (Fsp3) is 0.353. The van der Waals surface area contributed by atoms with E-state index in [1.54, 1.807) is 30.6 Å². The van der Waals surface area contributed by atoms with Crippen molar-refractivity contribution in [3.63, 3.8) is 0 Å². The average Bonchev–Trinajstić information content (AvgIpc) is 2.56. The number of hydrogen-bond acceptors (Lipinski definition) is 4. The van der Waals surface area contributed by atoms with Crippen molar-refractivity contribution in [3.8, 4) is 11.3 Å². The number of nitrogens with zero attached hydrogens (tertiary/aromatic N) is 2. The summed E-state index contributed by atoms with van der Waals surface area (Å²) in [4.78, 5) is 19.6. The molecule has 5 heteroatoms. The lowest BCUT2D eigenvalue weighted by Gasteiger charge is -2.22. The Morgan fingerprint density at radius 2 is 1.91 bits per heavy atom. The minimum Gasteiger partial charge on any atom is -0.478 e. The average molecular weight is 297 g/mol. The van der Waals surface area contributed by atoms with Crippen molar-refractivity contribution < 1.29 is 9.90 Å². The normalized spacial score (nSPS) is 15.6. The monoisotopic (exact) mass is 297 g/mol. The van der Waals surface area contributed by atoms with E-state index >= 15 is 0 Å². The molecule has 1 aromatic carbocycles. The highest BCUT2D eigenvalue weighted by Crippen LogP contribution is 2.21. The van der Waals surface area contributed by atoms with Crippen LogP contribution in [0.4, 0.5) is 0 Å². The zero-order valence-electron chi connectivity index (χ0n) is 12.3. The molecular weight excluding hydrogens is 278 g/mol. The van der Waals surface area contributed by atoms with Crippen LogP contribution < -0.4 is 5.32 Å². The van der Waals surface area contributed by atoms with E-state index in [0.29, 0.717) is 5.92 Å². The summed E-state index contributed by atoms with van der Waals surface area (Å²) in [5.41, 5.74) is 3.10. The predicted molar refractivity (Wildman–Crippen MR) is 83.7 cm³/mol. The van der Waals surface area contributed by atoms with Crippen LogP contribution in [0.3, 0.4) is 0 Å². The van der Waals surface area contributed by atoms with Gasteiger partial charge in [0.1, 0.15) is 6.33 Å². The lowest BCUT2D eigenvalue weighted by Crippen LogP contribution is -2.28. The van der Waals surface area contributed by atoms with Gasteiger partial charge < -0.3 is 10.4 Å². The van der Waals surface area contributed by atoms with E-state index in [0.717, 1.165) is 36.5 Å². The summed E-state index contributed by atoms with van der Waals surface area (Å²) in [6.07, 6.45) is 4.94. The van der Waals surface area contributed by atoms with Gasteiger partial charge in [-0.15, -0.1) is 0 Å². The Morgan fingerprint density at radius 1 is 1.18 bits per heavy atom. The first-order valence-electron chi connectivity index (χ1n) is 7.58. The maximum Gasteiger partial charge on any atom is 0.335 e. The molecule has 22 heavy (non-hydrogen) atoms. The Morgan fingerprint density at radius 3 is 2.59 bits per heavy atom. The fourth-order valence-corrected chi connectivity index (χ4v) is 2.83. The Balaban J connectivity index is 1.76. The molecular formula is C17H19N3O2. The highest BCUT2D eigenvalue weighted by molar-refractivity contribution is 5.88. The number of piperidine rings is 1. The maximum atomic E-state index is 10.9. The largest absolute Gasteiger partial charge is 0.478 e. The molecule has 0 saturated carbocycles. The van der Waals surface area contributed by atoms with Gasteiger partial charge in [-0.1, -0.05) is 12.1 Å². The van der Waals surface area contributed by atoms with E-state index < -0.39 is 5.97 Å². The van der Waals surface area contributed by atoms with Crippen LogP contribution in [0.15, 0.2) is 36.7 Å². The van der Waals surface area contributed by atoms with Crippen LogP contribution in [0.1, 0.15) is 28.9 Å². The molecule has 2 N–H and O–H groups in total. The summed E-state index contributed by atoms with van der Waals surface area (Å²) in [5.74, 6) is -0.237. The van der Waals surface area contributed by atoms with Gasteiger partial charge in [0.05, 0.1) is 11.3 Å². The van der Waals surface area contributed by atoms with Crippen molar-refractivity contribution in [3.05, 3.63) is 47.9 Å². The number of carboxylic acids is 1. The van der Waals surface area contributed by atoms with E-state index in [2.05, 4.69) is 15.3 Å². The van der Waals surface area contributed by atoms with E-state index in [9.17, 15) is 4.79 Å². The number of benzene rings is 1. The van der Waals surface area contributed by atoms with Crippen LogP contribution >= 0.6 is 0 Å². The summed E-state index contributed by atoms with van der Waals surface area (Å²) in [6, 6.07) is 8.80. The number of rotatable bonds is 4. The summed E-state index contributed by atoms with van der Waals surface area (Å²) < 4.78 is 0. The number of carboxylic acid groups (broad SMARTS) is 1.